The summed E-state index contributed by atoms with van der Waals surface area (Å²) in [5.74, 6) is -15.3. The lowest BCUT2D eigenvalue weighted by Gasteiger charge is -2.34. The smallest absolute Gasteiger partial charge is 0.303 e. The van der Waals surface area contributed by atoms with Crippen LogP contribution in [-0.4, -0.2) is 181 Å². The number of rotatable bonds is 28. The number of aromatic nitrogens is 1. The van der Waals surface area contributed by atoms with Crippen molar-refractivity contribution in [2.24, 2.45) is 17.6 Å². The van der Waals surface area contributed by atoms with Gasteiger partial charge in [0.2, 0.25) is 52.7 Å². The molecular formula is C80H113F2N13O17. The van der Waals surface area contributed by atoms with Crippen molar-refractivity contribution in [1.29, 1.82) is 0 Å². The summed E-state index contributed by atoms with van der Waals surface area (Å²) in [6, 6.07) is 2.08. The number of nitrogens with two attached hydrogens (primary N) is 1. The summed E-state index contributed by atoms with van der Waals surface area (Å²) in [6.45, 7) is 13.5. The van der Waals surface area contributed by atoms with Crippen LogP contribution in [0, 0.1) is 23.5 Å². The van der Waals surface area contributed by atoms with Crippen LogP contribution < -0.4 is 64.9 Å². The second-order valence-electron chi connectivity index (χ2n) is 30.3. The number of aliphatic carboxylic acids is 1. The van der Waals surface area contributed by atoms with Crippen LogP contribution >= 0.6 is 0 Å². The van der Waals surface area contributed by atoms with E-state index in [1.165, 1.54) is 38.1 Å². The number of hydrogen-bond acceptors (Lipinski definition) is 23. The van der Waals surface area contributed by atoms with Gasteiger partial charge in [0.15, 0.2) is 29.0 Å². The first-order chi connectivity index (χ1) is 52.9. The van der Waals surface area contributed by atoms with Crippen molar-refractivity contribution in [2.75, 3.05) is 6.54 Å². The van der Waals surface area contributed by atoms with Gasteiger partial charge < -0.3 is 57.4 Å². The Bertz CT molecular complexity index is 3950. The fourth-order valence-corrected chi connectivity index (χ4v) is 12.8. The molecule has 5 rings (SSSR count). The number of carboxylic acids is 1. The number of fused-ring (bicyclic) bond motifs is 1. The number of phenolic OH excluding ortho intramolecular Hbond substituents is 1. The SMILES string of the molecule is CC(=O)N[C@@H](CC(C)C)C(=O)C(=O)[C@@H](NN[C@@H](Cc1ccc(F)c(F)c1)C(=O)N[C@]1(C)CCCCCCC=CCCC[C@@](C)(C=O)NC(=O)[C@H](CCC(C)C)NN[C@@H](CCC(N)=O)C(=O)CN[C@@H](C)C(=O)CC(=O)[C@H](Cc2c[nH]c3ccccc23)NN[C@@H](Cc2ccc(O)cc2)C(=O)C(=O)[C@H](CCC(=O)O)NC1=O)[C@@H](C)O. The Hall–Kier alpha value is -9.54. The molecule has 0 bridgehead atoms. The number of allylic oxidation sites excluding steroid dienone is 2. The number of primary amides is 1. The molecule has 12 atom stereocenters. The molecule has 5 amide bonds. The van der Waals surface area contributed by atoms with E-state index in [9.17, 15) is 72.0 Å². The summed E-state index contributed by atoms with van der Waals surface area (Å²) in [4.78, 5) is 199. The van der Waals surface area contributed by atoms with E-state index in [1.54, 1.807) is 51.2 Å². The van der Waals surface area contributed by atoms with Crippen LogP contribution in [0.5, 0.6) is 5.75 Å². The van der Waals surface area contributed by atoms with E-state index in [0.717, 1.165) is 32.0 Å². The van der Waals surface area contributed by atoms with Crippen molar-refractivity contribution in [1.82, 2.24) is 64.1 Å². The summed E-state index contributed by atoms with van der Waals surface area (Å²) in [5.41, 5.74) is 20.4. The van der Waals surface area contributed by atoms with E-state index in [2.05, 4.69) is 64.1 Å². The Morgan fingerprint density at radius 3 is 1.96 bits per heavy atom. The molecule has 1 aliphatic rings. The van der Waals surface area contributed by atoms with Crippen LogP contribution in [0.3, 0.4) is 0 Å². The van der Waals surface area contributed by atoms with Gasteiger partial charge in [-0.15, -0.1) is 0 Å². The summed E-state index contributed by atoms with van der Waals surface area (Å²) >= 11 is 0. The van der Waals surface area contributed by atoms with Gasteiger partial charge in [-0.3, -0.25) is 62.3 Å². The highest BCUT2D eigenvalue weighted by atomic mass is 19.2. The van der Waals surface area contributed by atoms with Gasteiger partial charge in [0.05, 0.1) is 66.9 Å². The van der Waals surface area contributed by atoms with E-state index in [0.29, 0.717) is 73.3 Å². The number of benzene rings is 3. The number of aromatic amines is 1. The number of hydrazine groups is 3. The first kappa shape index (κ1) is 93.1. The van der Waals surface area contributed by atoms with Crippen molar-refractivity contribution in [2.45, 2.75) is 262 Å². The van der Waals surface area contributed by atoms with Gasteiger partial charge in [0, 0.05) is 36.9 Å². The number of carbonyl (C=O) groups is 14. The van der Waals surface area contributed by atoms with Crippen LogP contribution in [-0.2, 0) is 86.4 Å². The number of halogens is 2. The molecule has 1 aliphatic heterocycles. The monoisotopic (exact) mass is 1570 g/mol. The van der Waals surface area contributed by atoms with Crippen LogP contribution in [0.15, 0.2) is 85.1 Å². The highest BCUT2D eigenvalue weighted by molar-refractivity contribution is 6.42. The molecule has 112 heavy (non-hydrogen) atoms. The number of carbonyl (C=O) groups excluding carboxylic acids is 13. The number of H-pyrrole nitrogens is 1. The molecule has 0 unspecified atom stereocenters. The van der Waals surface area contributed by atoms with Crippen LogP contribution in [0.2, 0.25) is 0 Å². The minimum absolute atomic E-state index is 0.0153. The number of phenols is 1. The molecule has 30 nitrogen and oxygen atoms in total. The van der Waals surface area contributed by atoms with Crippen molar-refractivity contribution in [3.05, 3.63) is 113 Å². The average Bonchev–Trinajstić information content (AvgIpc) is 1.75. The Balaban J connectivity index is 1.60. The molecule has 0 saturated heterocycles. The zero-order valence-corrected chi connectivity index (χ0v) is 65.3. The zero-order valence-electron chi connectivity index (χ0n) is 65.3. The molecule has 1 aromatic heterocycles. The fraction of sp³-hybridized carbons (Fsp3) is 0.550. The molecule has 0 fully saturated rings. The molecule has 4 aromatic rings. The maximum absolute atomic E-state index is 15.4. The van der Waals surface area contributed by atoms with Crippen molar-refractivity contribution in [3.8, 4) is 5.75 Å². The molecule has 614 valence electrons. The molecule has 0 radical (unpaired) electrons. The number of ketones is 7. The second-order valence-corrected chi connectivity index (χ2v) is 30.3. The maximum Gasteiger partial charge on any atom is 0.303 e. The Morgan fingerprint density at radius 1 is 0.679 bits per heavy atom. The highest BCUT2D eigenvalue weighted by Gasteiger charge is 2.43. The number of hydrogen-bond donors (Lipinski definition) is 16. The van der Waals surface area contributed by atoms with E-state index >= 15 is 19.2 Å². The van der Waals surface area contributed by atoms with Crippen molar-refractivity contribution >= 4 is 93.2 Å². The molecule has 17 N–H and O–H groups in total. The predicted octanol–water partition coefficient (Wildman–Crippen LogP) is 4.04. The van der Waals surface area contributed by atoms with Gasteiger partial charge >= 0.3 is 5.97 Å². The average molecular weight is 1570 g/mol. The lowest BCUT2D eigenvalue weighted by molar-refractivity contribution is -0.143. The normalized spacial score (nSPS) is 23.2. The number of aldehydes is 1. The van der Waals surface area contributed by atoms with E-state index < -0.39 is 191 Å². The van der Waals surface area contributed by atoms with Gasteiger partial charge in [-0.1, -0.05) is 95.5 Å². The summed E-state index contributed by atoms with van der Waals surface area (Å²) in [7, 11) is 0. The Kier molecular flexibility index (Phi) is 38.1. The summed E-state index contributed by atoms with van der Waals surface area (Å²) < 4.78 is 29.4. The molecule has 3 aromatic carbocycles. The quantitative estimate of drug-likeness (QED) is 0.0125. The number of aliphatic hydroxyl groups excluding tert-OH is 1. The largest absolute Gasteiger partial charge is 0.508 e. The van der Waals surface area contributed by atoms with Crippen LogP contribution in [0.4, 0.5) is 8.78 Å². The van der Waals surface area contributed by atoms with E-state index in [4.69, 9.17) is 5.73 Å². The predicted molar refractivity (Wildman–Crippen MR) is 412 cm³/mol. The topological polar surface area (TPSA) is 474 Å². The third kappa shape index (κ3) is 30.9. The minimum Gasteiger partial charge on any atom is -0.508 e. The standard InChI is InChI=1S/C80H113F2N13O17/c1-46(2)23-30-61-76(110)88-79(8,45-96)35-19-15-13-11-10-12-14-16-20-36-80(9,89-77(111)65(40-52-26-29-56(81)57(82)38-52)94-95-71(49(6)97)75(109)73(107)63(37-47(3)4)86-50(7)98)78(112)87-60(32-34-70(104)105)72(106)74(108)64(39-51-24-27-54(99)28-25-51)93-92-62(41-53-43-85-58-22-18-17-21-55(53)58)67(101)42-66(100)48(5)84-44-68(102)59(90-91-61)31-33-69(83)103/h11,13,17-18,21-22,24-29,38,43,45-49,59-65,71,84-85,90-95,97,99H,10,12,14-16,19-20,23,30-37,39-42,44H2,1-9H3,(H2,83,103)(H,86,98)(H,87,112)(H,88,110)(H,89,111)(H,104,105)/t48-,49+,59-,60-,61-,62-,63-,64-,65-,71-,79-,80+/m0/s1. The number of Topliss-reactive ketones (excluding diaryl/α,β-unsaturated/α-hetero) is 7. The third-order valence-electron chi connectivity index (χ3n) is 19.5. The lowest BCUT2D eigenvalue weighted by Crippen LogP contribution is -2.65. The molecule has 0 spiro atoms. The first-order valence-electron chi connectivity index (χ1n) is 38.2. The van der Waals surface area contributed by atoms with Gasteiger partial charge in [-0.2, -0.15) is 0 Å². The fourth-order valence-electron chi connectivity index (χ4n) is 12.8. The minimum atomic E-state index is -2.13. The third-order valence-corrected chi connectivity index (χ3v) is 19.5. The van der Waals surface area contributed by atoms with Gasteiger partial charge in [0.25, 0.3) is 0 Å². The van der Waals surface area contributed by atoms with E-state index in [-0.39, 0.29) is 80.9 Å². The first-order valence-corrected chi connectivity index (χ1v) is 38.2. The summed E-state index contributed by atoms with van der Waals surface area (Å²) in [6.07, 6.45) is 4.83. The van der Waals surface area contributed by atoms with Gasteiger partial charge in [-0.05, 0) is 176 Å². The number of carboxylic acid groups (broad SMARTS) is 1. The number of para-hydroxylation sites is 1. The van der Waals surface area contributed by atoms with Gasteiger partial charge in [-0.25, -0.2) is 41.3 Å². The number of aromatic hydroxyl groups is 1. The lowest BCUT2D eigenvalue weighted by atomic mass is 9.90. The maximum atomic E-state index is 15.4. The van der Waals surface area contributed by atoms with E-state index in [1.807, 2.05) is 26.0 Å². The summed E-state index contributed by atoms with van der Waals surface area (Å²) in [5, 5.41) is 45.5. The second kappa shape index (κ2) is 45.8. The molecule has 0 aliphatic carbocycles. The van der Waals surface area contributed by atoms with Gasteiger partial charge in [0.1, 0.15) is 29.7 Å². The zero-order chi connectivity index (χ0) is 83.0. The van der Waals surface area contributed by atoms with Crippen LogP contribution in [0.1, 0.15) is 188 Å². The number of amides is 5. The highest BCUT2D eigenvalue weighted by Crippen LogP contribution is 2.24. The molecule has 0 saturated carbocycles. The molecular weight excluding hydrogens is 1450 g/mol. The Labute approximate surface area is 651 Å². The molecule has 2 heterocycles. The van der Waals surface area contributed by atoms with Crippen molar-refractivity contribution < 1.29 is 91.2 Å². The van der Waals surface area contributed by atoms with Crippen LogP contribution in [0.25, 0.3) is 10.9 Å². The van der Waals surface area contributed by atoms with Crippen molar-refractivity contribution in [3.63, 3.8) is 0 Å². The number of nitrogens with one attached hydrogen (secondary N) is 12. The molecule has 32 heteroatoms. The number of aliphatic hydroxyl groups is 1. The Morgan fingerprint density at radius 2 is 1.31 bits per heavy atom.